The molecule has 2 rings (SSSR count). The zero-order valence-corrected chi connectivity index (χ0v) is 18.8. The van der Waals surface area contributed by atoms with Crippen molar-refractivity contribution in [2.75, 3.05) is 7.11 Å². The van der Waals surface area contributed by atoms with Crippen LogP contribution in [0.2, 0.25) is 0 Å². The standard InChI is InChI=1S/C24H30N2O6/c1-24(2,3)32-23(29)26-20(21(27)30-4)19(15-17-11-7-5-8-12-17)25-22(28)31-16-18-13-9-6-10-14-18/h5-14,19-20H,15-16H2,1-4H3,(H,25,28)(H,26,29)/t19-,20-/m1/s1. The molecule has 0 saturated heterocycles. The first-order valence-electron chi connectivity index (χ1n) is 10.3. The lowest BCUT2D eigenvalue weighted by molar-refractivity contribution is -0.143. The summed E-state index contributed by atoms with van der Waals surface area (Å²) in [4.78, 5) is 37.4. The molecule has 2 aromatic carbocycles. The van der Waals surface area contributed by atoms with Gasteiger partial charge in [-0.25, -0.2) is 14.4 Å². The van der Waals surface area contributed by atoms with E-state index in [1.807, 2.05) is 60.7 Å². The van der Waals surface area contributed by atoms with Crippen LogP contribution in [0, 0.1) is 0 Å². The number of nitrogens with one attached hydrogen (secondary N) is 2. The van der Waals surface area contributed by atoms with Crippen molar-refractivity contribution in [3.63, 3.8) is 0 Å². The largest absolute Gasteiger partial charge is 0.467 e. The molecule has 2 atom stereocenters. The van der Waals surface area contributed by atoms with E-state index in [1.165, 1.54) is 7.11 Å². The normalized spacial score (nSPS) is 12.8. The van der Waals surface area contributed by atoms with Gasteiger partial charge in [0.1, 0.15) is 12.2 Å². The maximum absolute atomic E-state index is 12.5. The van der Waals surface area contributed by atoms with Crippen molar-refractivity contribution >= 4 is 18.2 Å². The summed E-state index contributed by atoms with van der Waals surface area (Å²) < 4.78 is 15.4. The first-order chi connectivity index (χ1) is 15.2. The van der Waals surface area contributed by atoms with Crippen LogP contribution in [-0.2, 0) is 32.0 Å². The Labute approximate surface area is 188 Å². The van der Waals surface area contributed by atoms with Gasteiger partial charge in [0.15, 0.2) is 6.04 Å². The minimum atomic E-state index is -1.20. The Bertz CT molecular complexity index is 880. The Morgan fingerprint density at radius 1 is 0.844 bits per heavy atom. The van der Waals surface area contributed by atoms with Crippen LogP contribution in [0.1, 0.15) is 31.9 Å². The average Bonchev–Trinajstić information content (AvgIpc) is 2.75. The molecule has 32 heavy (non-hydrogen) atoms. The quantitative estimate of drug-likeness (QED) is 0.478. The number of ether oxygens (including phenoxy) is 3. The first kappa shape index (κ1) is 24.7. The lowest BCUT2D eigenvalue weighted by atomic mass is 9.99. The van der Waals surface area contributed by atoms with Gasteiger partial charge in [-0.2, -0.15) is 0 Å². The summed E-state index contributed by atoms with van der Waals surface area (Å²) in [5.41, 5.74) is 0.904. The van der Waals surface area contributed by atoms with Crippen LogP contribution < -0.4 is 10.6 Å². The molecule has 0 unspecified atom stereocenters. The molecule has 0 radical (unpaired) electrons. The number of amides is 2. The molecule has 0 aliphatic heterocycles. The molecule has 0 aromatic heterocycles. The number of carbonyl (C=O) groups excluding carboxylic acids is 3. The number of alkyl carbamates (subject to hydrolysis) is 2. The molecular formula is C24H30N2O6. The maximum atomic E-state index is 12.5. The van der Waals surface area contributed by atoms with Crippen LogP contribution in [-0.4, -0.2) is 43.0 Å². The Kier molecular flexibility index (Phi) is 9.07. The highest BCUT2D eigenvalue weighted by molar-refractivity contribution is 5.83. The van der Waals surface area contributed by atoms with Gasteiger partial charge < -0.3 is 24.8 Å². The molecule has 0 bridgehead atoms. The molecule has 0 aliphatic carbocycles. The number of benzene rings is 2. The van der Waals surface area contributed by atoms with Gasteiger partial charge in [-0.1, -0.05) is 60.7 Å². The molecule has 2 aromatic rings. The third-order valence-electron chi connectivity index (χ3n) is 4.34. The topological polar surface area (TPSA) is 103 Å². The van der Waals surface area contributed by atoms with E-state index in [9.17, 15) is 14.4 Å². The van der Waals surface area contributed by atoms with Crippen LogP contribution >= 0.6 is 0 Å². The van der Waals surface area contributed by atoms with Crippen molar-refractivity contribution in [1.29, 1.82) is 0 Å². The third kappa shape index (κ3) is 8.67. The molecule has 0 heterocycles. The molecule has 172 valence electrons. The zero-order chi connectivity index (χ0) is 23.6. The van der Waals surface area contributed by atoms with Crippen molar-refractivity contribution < 1.29 is 28.6 Å². The van der Waals surface area contributed by atoms with Crippen molar-refractivity contribution in [3.05, 3.63) is 71.8 Å². The summed E-state index contributed by atoms with van der Waals surface area (Å²) in [6.45, 7) is 5.19. The van der Waals surface area contributed by atoms with Gasteiger partial charge >= 0.3 is 18.2 Å². The number of carbonyl (C=O) groups is 3. The van der Waals surface area contributed by atoms with E-state index in [2.05, 4.69) is 10.6 Å². The number of hydrogen-bond donors (Lipinski definition) is 2. The van der Waals surface area contributed by atoms with Crippen LogP contribution in [0.4, 0.5) is 9.59 Å². The van der Waals surface area contributed by atoms with Gasteiger partial charge in [0.05, 0.1) is 13.2 Å². The Morgan fingerprint density at radius 3 is 1.94 bits per heavy atom. The van der Waals surface area contributed by atoms with Gasteiger partial charge in [0.25, 0.3) is 0 Å². The van der Waals surface area contributed by atoms with Crippen LogP contribution in [0.5, 0.6) is 0 Å². The van der Waals surface area contributed by atoms with Gasteiger partial charge in [-0.3, -0.25) is 0 Å². The average molecular weight is 443 g/mol. The Morgan fingerprint density at radius 2 is 1.41 bits per heavy atom. The van der Waals surface area contributed by atoms with E-state index in [1.54, 1.807) is 20.8 Å². The van der Waals surface area contributed by atoms with Crippen molar-refractivity contribution in [1.82, 2.24) is 10.6 Å². The van der Waals surface area contributed by atoms with E-state index < -0.39 is 35.8 Å². The lowest BCUT2D eigenvalue weighted by Gasteiger charge is -2.28. The second-order valence-electron chi connectivity index (χ2n) is 8.15. The zero-order valence-electron chi connectivity index (χ0n) is 18.8. The maximum Gasteiger partial charge on any atom is 0.408 e. The second-order valence-corrected chi connectivity index (χ2v) is 8.15. The molecular weight excluding hydrogens is 412 g/mol. The number of esters is 1. The van der Waals surface area contributed by atoms with E-state index in [0.29, 0.717) is 0 Å². The summed E-state index contributed by atoms with van der Waals surface area (Å²) in [5.74, 6) is -0.722. The predicted octanol–water partition coefficient (Wildman–Crippen LogP) is 3.59. The van der Waals surface area contributed by atoms with Gasteiger partial charge in [0, 0.05) is 0 Å². The van der Waals surface area contributed by atoms with Crippen molar-refractivity contribution in [3.8, 4) is 0 Å². The van der Waals surface area contributed by atoms with Crippen molar-refractivity contribution in [2.45, 2.75) is 51.5 Å². The fourth-order valence-electron chi connectivity index (χ4n) is 2.92. The molecule has 0 fully saturated rings. The number of rotatable bonds is 8. The van der Waals surface area contributed by atoms with Crippen LogP contribution in [0.15, 0.2) is 60.7 Å². The molecule has 2 N–H and O–H groups in total. The predicted molar refractivity (Wildman–Crippen MR) is 119 cm³/mol. The molecule has 8 heteroatoms. The van der Waals surface area contributed by atoms with E-state index in [-0.39, 0.29) is 13.0 Å². The molecule has 0 spiro atoms. The number of hydrogen-bond acceptors (Lipinski definition) is 6. The van der Waals surface area contributed by atoms with Gasteiger partial charge in [-0.05, 0) is 38.3 Å². The van der Waals surface area contributed by atoms with Crippen LogP contribution in [0.25, 0.3) is 0 Å². The summed E-state index contributed by atoms with van der Waals surface area (Å²) in [7, 11) is 1.21. The highest BCUT2D eigenvalue weighted by atomic mass is 16.6. The highest BCUT2D eigenvalue weighted by Gasteiger charge is 2.34. The highest BCUT2D eigenvalue weighted by Crippen LogP contribution is 2.11. The van der Waals surface area contributed by atoms with Gasteiger partial charge in [-0.15, -0.1) is 0 Å². The molecule has 8 nitrogen and oxygen atoms in total. The second kappa shape index (κ2) is 11.7. The van der Waals surface area contributed by atoms with Gasteiger partial charge in [0.2, 0.25) is 0 Å². The monoisotopic (exact) mass is 442 g/mol. The van der Waals surface area contributed by atoms with E-state index >= 15 is 0 Å². The smallest absolute Gasteiger partial charge is 0.408 e. The molecule has 2 amide bonds. The lowest BCUT2D eigenvalue weighted by Crippen LogP contribution is -2.57. The number of methoxy groups -OCH3 is 1. The summed E-state index contributed by atoms with van der Waals surface area (Å²) in [6.07, 6.45) is -1.28. The summed E-state index contributed by atoms with van der Waals surface area (Å²) in [6, 6.07) is 16.4. The molecule has 0 saturated carbocycles. The third-order valence-corrected chi connectivity index (χ3v) is 4.34. The van der Waals surface area contributed by atoms with Crippen molar-refractivity contribution in [2.24, 2.45) is 0 Å². The fourth-order valence-corrected chi connectivity index (χ4v) is 2.92. The minimum absolute atomic E-state index is 0.0626. The Hall–Kier alpha value is -3.55. The SMILES string of the molecule is COC(=O)[C@H](NC(=O)OC(C)(C)C)[C@@H](Cc1ccccc1)NC(=O)OCc1ccccc1. The first-order valence-corrected chi connectivity index (χ1v) is 10.3. The van der Waals surface area contributed by atoms with Crippen LogP contribution in [0.3, 0.4) is 0 Å². The summed E-state index contributed by atoms with van der Waals surface area (Å²) in [5, 5.41) is 5.20. The Balaban J connectivity index is 2.18. The minimum Gasteiger partial charge on any atom is -0.467 e. The van der Waals surface area contributed by atoms with E-state index in [4.69, 9.17) is 14.2 Å². The summed E-state index contributed by atoms with van der Waals surface area (Å²) >= 11 is 0. The van der Waals surface area contributed by atoms with E-state index in [0.717, 1.165) is 11.1 Å². The molecule has 0 aliphatic rings. The fraction of sp³-hybridized carbons (Fsp3) is 0.375.